The molecule has 4 amide bonds. The predicted octanol–water partition coefficient (Wildman–Crippen LogP) is 6.85. The van der Waals surface area contributed by atoms with Crippen LogP contribution < -0.4 is 26.7 Å². The summed E-state index contributed by atoms with van der Waals surface area (Å²) >= 11 is 0. The molecular formula is C55H58N4O11. The average Bonchev–Trinajstić information content (AvgIpc) is 4.08. The molecule has 0 aromatic heterocycles. The van der Waals surface area contributed by atoms with E-state index in [4.69, 9.17) is 9.15 Å². The zero-order valence-corrected chi connectivity index (χ0v) is 39.7. The number of carboxylic acid groups (broad SMARTS) is 1. The minimum Gasteiger partial charge on any atom is -0.508 e. The zero-order chi connectivity index (χ0) is 50.3. The van der Waals surface area contributed by atoms with E-state index in [-0.39, 0.29) is 82.7 Å². The number of nitrogens with one attached hydrogen (secondary N) is 4. The quantitative estimate of drug-likeness (QED) is 0.0323. The van der Waals surface area contributed by atoms with E-state index in [9.17, 15) is 43.8 Å². The van der Waals surface area contributed by atoms with Gasteiger partial charge in [0.15, 0.2) is 11.2 Å². The molecule has 2 heterocycles. The van der Waals surface area contributed by atoms with E-state index >= 15 is 0 Å². The fourth-order valence-corrected chi connectivity index (χ4v) is 8.60. The van der Waals surface area contributed by atoms with Crippen LogP contribution in [0.15, 0.2) is 124 Å². The van der Waals surface area contributed by atoms with Crippen molar-refractivity contribution in [2.75, 3.05) is 6.61 Å². The Hall–Kier alpha value is -7.65. The third-order valence-corrected chi connectivity index (χ3v) is 12.3. The predicted molar refractivity (Wildman–Crippen MR) is 263 cm³/mol. The highest BCUT2D eigenvalue weighted by Gasteiger charge is 2.50. The van der Waals surface area contributed by atoms with Gasteiger partial charge in [-0.25, -0.2) is 4.79 Å². The van der Waals surface area contributed by atoms with E-state index in [2.05, 4.69) is 21.3 Å². The van der Waals surface area contributed by atoms with Gasteiger partial charge in [-0.05, 0) is 97.5 Å². The highest BCUT2D eigenvalue weighted by Crippen LogP contribution is 2.42. The van der Waals surface area contributed by atoms with Crippen molar-refractivity contribution in [1.82, 2.24) is 21.3 Å². The Bertz CT molecular complexity index is 2930. The SMILES string of the molecule is CC(C)C[C@H](NC(=O)[C@H](CCc1ccccc1)NC(=O)c1ccc(-c2c3ccc(=O)cc-3oc3cc(O)ccc23)c(C(=O)O)c1)C(=O)N[C@@H](Cc1ccccc1)C(=O)N[C@@H](CC(C)C)C(=O)[C@]1(C)CO1. The summed E-state index contributed by atoms with van der Waals surface area (Å²) in [5.41, 5.74) is 1.16. The highest BCUT2D eigenvalue weighted by molar-refractivity contribution is 6.09. The molecule has 4 aromatic carbocycles. The van der Waals surface area contributed by atoms with Gasteiger partial charge in [0, 0.05) is 40.6 Å². The number of aryl methyl sites for hydroxylation is 1. The first kappa shape index (κ1) is 50.2. The lowest BCUT2D eigenvalue weighted by molar-refractivity contribution is -0.134. The monoisotopic (exact) mass is 950 g/mol. The van der Waals surface area contributed by atoms with Gasteiger partial charge in [0.05, 0.1) is 18.2 Å². The standard InChI is InChI=1S/C55H58N4O11/c1-31(2)24-43(49(62)55(5)30-69-55)57-53(66)45(26-34-14-10-7-11-15-34)59-52(65)44(25-32(3)4)58-51(64)42(23-16-33-12-8-6-9-13-33)56-50(63)35-17-20-38(41(27-35)54(67)68)48-39-21-18-36(60)28-46(39)70-47-29-37(61)19-22-40(47)48/h6-15,17-22,27-29,31-32,42-45,60H,16,23-26,30H2,1-5H3,(H,56,63)(H,57,66)(H,58,64)(H,59,65)(H,67,68)/t42-,43-,44-,45-,55-/m0/s1. The molecule has 0 unspecified atom stereocenters. The van der Waals surface area contributed by atoms with E-state index in [0.717, 1.165) is 11.1 Å². The molecule has 0 spiro atoms. The number of rotatable bonds is 21. The summed E-state index contributed by atoms with van der Waals surface area (Å²) in [6, 6.07) is 26.5. The van der Waals surface area contributed by atoms with Crippen molar-refractivity contribution >= 4 is 46.4 Å². The van der Waals surface area contributed by atoms with E-state index < -0.39 is 59.4 Å². The number of aromatic hydroxyl groups is 1. The van der Waals surface area contributed by atoms with Crippen molar-refractivity contribution in [1.29, 1.82) is 0 Å². The molecule has 364 valence electrons. The Kier molecular flexibility index (Phi) is 15.6. The lowest BCUT2D eigenvalue weighted by Gasteiger charge is -2.28. The Morgan fingerprint density at radius 1 is 0.657 bits per heavy atom. The summed E-state index contributed by atoms with van der Waals surface area (Å²) in [6.07, 6.45) is 1.04. The molecule has 0 saturated carbocycles. The smallest absolute Gasteiger partial charge is 0.336 e. The minimum atomic E-state index is -1.36. The van der Waals surface area contributed by atoms with Gasteiger partial charge in [-0.15, -0.1) is 0 Å². The first-order valence-electron chi connectivity index (χ1n) is 23.4. The molecular weight excluding hydrogens is 893 g/mol. The number of carbonyl (C=O) groups excluding carboxylic acids is 5. The molecule has 0 bridgehead atoms. The van der Waals surface area contributed by atoms with Gasteiger partial charge in [0.2, 0.25) is 17.7 Å². The van der Waals surface area contributed by atoms with Crippen LogP contribution in [-0.2, 0) is 36.8 Å². The van der Waals surface area contributed by atoms with Gasteiger partial charge in [0.1, 0.15) is 40.8 Å². The van der Waals surface area contributed by atoms with E-state index in [1.165, 1.54) is 48.5 Å². The maximum absolute atomic E-state index is 14.5. The van der Waals surface area contributed by atoms with Crippen LogP contribution in [0.5, 0.6) is 5.75 Å². The molecule has 15 nitrogen and oxygen atoms in total. The molecule has 1 fully saturated rings. The number of aromatic carboxylic acids is 1. The molecule has 5 atom stereocenters. The second-order valence-corrected chi connectivity index (χ2v) is 18.9. The number of phenols is 1. The van der Waals surface area contributed by atoms with Gasteiger partial charge >= 0.3 is 5.97 Å². The fraction of sp³-hybridized carbons (Fsp3) is 0.327. The molecule has 2 aliphatic heterocycles. The van der Waals surface area contributed by atoms with Crippen molar-refractivity contribution in [2.24, 2.45) is 11.8 Å². The summed E-state index contributed by atoms with van der Waals surface area (Å²) in [4.78, 5) is 96.2. The van der Waals surface area contributed by atoms with Gasteiger partial charge in [-0.2, -0.15) is 0 Å². The number of Topliss-reactive ketones (excluding diaryl/α,β-unsaturated/α-hetero) is 1. The largest absolute Gasteiger partial charge is 0.508 e. The maximum atomic E-state index is 14.5. The summed E-state index contributed by atoms with van der Waals surface area (Å²) < 4.78 is 11.4. The number of fused-ring (bicyclic) bond motifs is 2. The van der Waals surface area contributed by atoms with Crippen LogP contribution in [-0.4, -0.2) is 82.0 Å². The number of phenolic OH excluding ortho intramolecular Hbond substituents is 1. The van der Waals surface area contributed by atoms with Crippen molar-refractivity contribution in [2.45, 2.75) is 96.5 Å². The highest BCUT2D eigenvalue weighted by atomic mass is 16.6. The molecule has 1 saturated heterocycles. The van der Waals surface area contributed by atoms with Crippen LogP contribution in [0.1, 0.15) is 85.7 Å². The first-order chi connectivity index (χ1) is 33.4. The molecule has 7 rings (SSSR count). The van der Waals surface area contributed by atoms with Crippen LogP contribution in [0.2, 0.25) is 0 Å². The van der Waals surface area contributed by atoms with E-state index in [1.807, 2.05) is 88.4 Å². The summed E-state index contributed by atoms with van der Waals surface area (Å²) in [5, 5.41) is 32.7. The summed E-state index contributed by atoms with van der Waals surface area (Å²) in [5.74, 6) is -4.29. The number of carbonyl (C=O) groups is 6. The van der Waals surface area contributed by atoms with Crippen LogP contribution in [0.4, 0.5) is 0 Å². The average molecular weight is 951 g/mol. The molecule has 1 aliphatic carbocycles. The zero-order valence-electron chi connectivity index (χ0n) is 39.7. The minimum absolute atomic E-state index is 0.0535. The van der Waals surface area contributed by atoms with Crippen molar-refractivity contribution in [3.63, 3.8) is 0 Å². The van der Waals surface area contributed by atoms with Gasteiger partial charge < -0.3 is 40.6 Å². The topological polar surface area (TPSA) is 234 Å². The third kappa shape index (κ3) is 12.3. The lowest BCUT2D eigenvalue weighted by Crippen LogP contribution is -2.59. The summed E-state index contributed by atoms with van der Waals surface area (Å²) in [6.45, 7) is 9.57. The number of epoxide rings is 1. The van der Waals surface area contributed by atoms with Gasteiger partial charge in [-0.3, -0.25) is 28.8 Å². The van der Waals surface area contributed by atoms with Crippen molar-refractivity contribution < 1.29 is 48.1 Å². The Balaban J connectivity index is 1.16. The van der Waals surface area contributed by atoms with Crippen LogP contribution in [0.25, 0.3) is 33.4 Å². The van der Waals surface area contributed by atoms with Crippen molar-refractivity contribution in [3.05, 3.63) is 148 Å². The number of hydrogen-bond acceptors (Lipinski definition) is 10. The Morgan fingerprint density at radius 3 is 1.89 bits per heavy atom. The number of hydrogen-bond donors (Lipinski definition) is 6. The van der Waals surface area contributed by atoms with Crippen LogP contribution in [0, 0.1) is 11.8 Å². The van der Waals surface area contributed by atoms with Crippen LogP contribution >= 0.6 is 0 Å². The normalized spacial score (nSPS) is 16.0. The lowest BCUT2D eigenvalue weighted by atomic mass is 9.89. The Morgan fingerprint density at radius 2 is 1.24 bits per heavy atom. The van der Waals surface area contributed by atoms with E-state index in [0.29, 0.717) is 29.4 Å². The molecule has 70 heavy (non-hydrogen) atoms. The summed E-state index contributed by atoms with van der Waals surface area (Å²) in [7, 11) is 0. The number of amides is 4. The van der Waals surface area contributed by atoms with Crippen molar-refractivity contribution in [3.8, 4) is 28.2 Å². The van der Waals surface area contributed by atoms with Gasteiger partial charge in [0.25, 0.3) is 5.91 Å². The third-order valence-electron chi connectivity index (χ3n) is 12.3. The van der Waals surface area contributed by atoms with Crippen LogP contribution in [0.3, 0.4) is 0 Å². The molecule has 4 aromatic rings. The number of ether oxygens (including phenoxy) is 1. The molecule has 3 aliphatic rings. The molecule has 6 N–H and O–H groups in total. The molecule has 15 heteroatoms. The number of ketones is 1. The first-order valence-corrected chi connectivity index (χ1v) is 23.4. The van der Waals surface area contributed by atoms with Gasteiger partial charge in [-0.1, -0.05) is 94.4 Å². The Labute approximate surface area is 405 Å². The van der Waals surface area contributed by atoms with E-state index in [1.54, 1.807) is 13.0 Å². The number of benzene rings is 5. The molecule has 0 radical (unpaired) electrons. The maximum Gasteiger partial charge on any atom is 0.336 e. The second kappa shape index (κ2) is 21.8. The second-order valence-electron chi connectivity index (χ2n) is 18.9. The fourth-order valence-electron chi connectivity index (χ4n) is 8.60. The number of carboxylic acids is 1.